The van der Waals surface area contributed by atoms with Gasteiger partial charge in [0.2, 0.25) is 5.91 Å². The van der Waals surface area contributed by atoms with Gasteiger partial charge < -0.3 is 16.0 Å². The molecule has 0 unspecified atom stereocenters. The van der Waals surface area contributed by atoms with E-state index in [9.17, 15) is 14.9 Å². The summed E-state index contributed by atoms with van der Waals surface area (Å²) in [6, 6.07) is 3.34. The summed E-state index contributed by atoms with van der Waals surface area (Å²) >= 11 is 0. The summed E-state index contributed by atoms with van der Waals surface area (Å²) < 4.78 is 0. The van der Waals surface area contributed by atoms with E-state index in [1.165, 1.54) is 0 Å². The first-order chi connectivity index (χ1) is 10.1. The average Bonchev–Trinajstić information content (AvgIpc) is 2.94. The van der Waals surface area contributed by atoms with Crippen molar-refractivity contribution in [1.82, 2.24) is 0 Å². The van der Waals surface area contributed by atoms with E-state index in [0.717, 1.165) is 24.2 Å². The highest BCUT2D eigenvalue weighted by molar-refractivity contribution is 5.79. The minimum Gasteiger partial charge on any atom is -0.384 e. The van der Waals surface area contributed by atoms with Gasteiger partial charge in [-0.3, -0.25) is 14.9 Å². The van der Waals surface area contributed by atoms with Crippen molar-refractivity contribution in [1.29, 1.82) is 0 Å². The Bertz CT molecular complexity index is 594. The van der Waals surface area contributed by atoms with Crippen molar-refractivity contribution in [2.24, 2.45) is 11.7 Å². The van der Waals surface area contributed by atoms with Crippen LogP contribution in [-0.4, -0.2) is 30.5 Å². The summed E-state index contributed by atoms with van der Waals surface area (Å²) in [5.74, 6) is -0.390. The SMILES string of the molecule is NC(=O)C1CCN(c2c([N+](=O)[O-])ccc3c2CCN3)CC1. The monoisotopic (exact) mass is 290 g/mol. The molecule has 1 amide bonds. The molecule has 0 radical (unpaired) electrons. The molecule has 3 N–H and O–H groups in total. The highest BCUT2D eigenvalue weighted by Gasteiger charge is 2.31. The van der Waals surface area contributed by atoms with E-state index in [4.69, 9.17) is 5.73 Å². The largest absolute Gasteiger partial charge is 0.384 e. The number of nitrogens with two attached hydrogens (primary N) is 1. The van der Waals surface area contributed by atoms with Crippen molar-refractivity contribution in [3.05, 3.63) is 27.8 Å². The molecule has 7 nitrogen and oxygen atoms in total. The Morgan fingerprint density at radius 3 is 2.71 bits per heavy atom. The molecule has 1 fully saturated rings. The van der Waals surface area contributed by atoms with Crippen LogP contribution in [0.3, 0.4) is 0 Å². The first kappa shape index (κ1) is 13.7. The number of nitrogens with zero attached hydrogens (tertiary/aromatic N) is 2. The minimum absolute atomic E-state index is 0.116. The lowest BCUT2D eigenvalue weighted by molar-refractivity contribution is -0.384. The molecule has 0 aromatic heterocycles. The molecule has 21 heavy (non-hydrogen) atoms. The van der Waals surface area contributed by atoms with Crippen LogP contribution in [-0.2, 0) is 11.2 Å². The second-order valence-corrected chi connectivity index (χ2v) is 5.56. The Morgan fingerprint density at radius 2 is 2.10 bits per heavy atom. The van der Waals surface area contributed by atoms with Crippen LogP contribution in [0.2, 0.25) is 0 Å². The number of hydrogen-bond acceptors (Lipinski definition) is 5. The van der Waals surface area contributed by atoms with Gasteiger partial charge in [-0.2, -0.15) is 0 Å². The molecule has 0 aliphatic carbocycles. The van der Waals surface area contributed by atoms with E-state index in [2.05, 4.69) is 5.32 Å². The number of carbonyl (C=O) groups excluding carboxylic acids is 1. The number of benzene rings is 1. The molecular weight excluding hydrogens is 272 g/mol. The first-order valence-electron chi connectivity index (χ1n) is 7.16. The molecule has 1 saturated heterocycles. The van der Waals surface area contributed by atoms with Gasteiger partial charge >= 0.3 is 0 Å². The lowest BCUT2D eigenvalue weighted by Crippen LogP contribution is -2.39. The maximum atomic E-state index is 11.3. The van der Waals surface area contributed by atoms with Gasteiger partial charge in [0.25, 0.3) is 5.69 Å². The first-order valence-corrected chi connectivity index (χ1v) is 7.16. The summed E-state index contributed by atoms with van der Waals surface area (Å²) in [6.07, 6.45) is 2.11. The normalized spacial score (nSPS) is 18.2. The van der Waals surface area contributed by atoms with E-state index in [1.54, 1.807) is 12.1 Å². The number of carbonyl (C=O) groups is 1. The third-order valence-corrected chi connectivity index (χ3v) is 4.36. The second-order valence-electron chi connectivity index (χ2n) is 5.56. The number of fused-ring (bicyclic) bond motifs is 1. The lowest BCUT2D eigenvalue weighted by Gasteiger charge is -2.33. The molecule has 3 rings (SSSR count). The molecular formula is C14H18N4O3. The van der Waals surface area contributed by atoms with Gasteiger partial charge in [0.1, 0.15) is 5.69 Å². The predicted molar refractivity (Wildman–Crippen MR) is 79.4 cm³/mol. The maximum Gasteiger partial charge on any atom is 0.292 e. The molecule has 0 bridgehead atoms. The van der Waals surface area contributed by atoms with Crippen LogP contribution in [0.15, 0.2) is 12.1 Å². The predicted octanol–water partition coefficient (Wildman–Crippen LogP) is 1.26. The number of anilines is 2. The van der Waals surface area contributed by atoms with Crippen LogP contribution in [0, 0.1) is 16.0 Å². The van der Waals surface area contributed by atoms with Gasteiger partial charge in [-0.15, -0.1) is 0 Å². The van der Waals surface area contributed by atoms with Crippen LogP contribution < -0.4 is 16.0 Å². The van der Waals surface area contributed by atoms with Crippen molar-refractivity contribution >= 4 is 23.0 Å². The molecule has 7 heteroatoms. The quantitative estimate of drug-likeness (QED) is 0.644. The van der Waals surface area contributed by atoms with Crippen LogP contribution in [0.4, 0.5) is 17.1 Å². The molecule has 0 spiro atoms. The van der Waals surface area contributed by atoms with E-state index in [0.29, 0.717) is 31.6 Å². The fourth-order valence-electron chi connectivity index (χ4n) is 3.25. The zero-order valence-corrected chi connectivity index (χ0v) is 11.7. The third kappa shape index (κ3) is 2.39. The number of nitro benzene ring substituents is 1. The highest BCUT2D eigenvalue weighted by Crippen LogP contribution is 2.40. The Kier molecular flexibility index (Phi) is 3.40. The highest BCUT2D eigenvalue weighted by atomic mass is 16.6. The van der Waals surface area contributed by atoms with E-state index in [-0.39, 0.29) is 22.4 Å². The zero-order chi connectivity index (χ0) is 15.0. The standard InChI is InChI=1S/C14H18N4O3/c15-14(19)9-4-7-17(8-5-9)13-10-3-6-16-11(10)1-2-12(13)18(20)21/h1-2,9,16H,3-8H2,(H2,15,19). The third-order valence-electron chi connectivity index (χ3n) is 4.36. The lowest BCUT2D eigenvalue weighted by atomic mass is 9.95. The van der Waals surface area contributed by atoms with Gasteiger partial charge in [-0.25, -0.2) is 0 Å². The van der Waals surface area contributed by atoms with Gasteiger partial charge in [-0.05, 0) is 25.3 Å². The molecule has 2 heterocycles. The number of primary amides is 1. The van der Waals surface area contributed by atoms with Crippen LogP contribution in [0.5, 0.6) is 0 Å². The maximum absolute atomic E-state index is 11.3. The molecule has 2 aliphatic heterocycles. The van der Waals surface area contributed by atoms with Crippen molar-refractivity contribution < 1.29 is 9.72 Å². The van der Waals surface area contributed by atoms with Crippen LogP contribution in [0.1, 0.15) is 18.4 Å². The van der Waals surface area contributed by atoms with Gasteiger partial charge in [0.05, 0.1) is 4.92 Å². The molecule has 2 aliphatic rings. The van der Waals surface area contributed by atoms with Crippen molar-refractivity contribution in [2.45, 2.75) is 19.3 Å². The zero-order valence-electron chi connectivity index (χ0n) is 11.7. The van der Waals surface area contributed by atoms with Gasteiger partial charge in [0.15, 0.2) is 0 Å². The van der Waals surface area contributed by atoms with Crippen molar-refractivity contribution in [3.63, 3.8) is 0 Å². The summed E-state index contributed by atoms with van der Waals surface area (Å²) in [7, 11) is 0. The molecule has 112 valence electrons. The van der Waals surface area contributed by atoms with Gasteiger partial charge in [0, 0.05) is 42.9 Å². The molecule has 0 saturated carbocycles. The topological polar surface area (TPSA) is 102 Å². The number of piperidine rings is 1. The smallest absolute Gasteiger partial charge is 0.292 e. The Hall–Kier alpha value is -2.31. The van der Waals surface area contributed by atoms with Crippen LogP contribution in [0.25, 0.3) is 0 Å². The molecule has 0 atom stereocenters. The van der Waals surface area contributed by atoms with E-state index >= 15 is 0 Å². The fourth-order valence-corrected chi connectivity index (χ4v) is 3.25. The molecule has 1 aromatic carbocycles. The van der Waals surface area contributed by atoms with Crippen molar-refractivity contribution in [2.75, 3.05) is 29.9 Å². The van der Waals surface area contributed by atoms with Crippen LogP contribution >= 0.6 is 0 Å². The Morgan fingerprint density at radius 1 is 1.38 bits per heavy atom. The summed E-state index contributed by atoms with van der Waals surface area (Å²) in [5.41, 5.74) is 8.20. The number of hydrogen-bond donors (Lipinski definition) is 2. The van der Waals surface area contributed by atoms with E-state index in [1.807, 2.05) is 4.90 Å². The van der Waals surface area contributed by atoms with Gasteiger partial charge in [-0.1, -0.05) is 0 Å². The number of amides is 1. The Balaban J connectivity index is 1.93. The van der Waals surface area contributed by atoms with Crippen molar-refractivity contribution in [3.8, 4) is 0 Å². The summed E-state index contributed by atoms with van der Waals surface area (Å²) in [5, 5.41) is 14.6. The number of rotatable bonds is 3. The average molecular weight is 290 g/mol. The number of nitro groups is 1. The summed E-state index contributed by atoms with van der Waals surface area (Å²) in [6.45, 7) is 2.07. The Labute approximate surface area is 122 Å². The van der Waals surface area contributed by atoms with E-state index < -0.39 is 0 Å². The fraction of sp³-hybridized carbons (Fsp3) is 0.500. The summed E-state index contributed by atoms with van der Waals surface area (Å²) in [4.78, 5) is 24.3. The number of nitrogens with one attached hydrogen (secondary N) is 1. The molecule has 1 aromatic rings. The second kappa shape index (κ2) is 5.23. The minimum atomic E-state index is -0.325.